The number of rotatable bonds is 6. The summed E-state index contributed by atoms with van der Waals surface area (Å²) in [6, 6.07) is 41.7. The van der Waals surface area contributed by atoms with Gasteiger partial charge >= 0.3 is 0 Å². The smallest absolute Gasteiger partial charge is 0.0540 e. The van der Waals surface area contributed by atoms with Gasteiger partial charge in [0.2, 0.25) is 0 Å². The van der Waals surface area contributed by atoms with E-state index in [1.54, 1.807) is 0 Å². The molecule has 0 N–H and O–H groups in total. The molecule has 0 bridgehead atoms. The maximum absolute atomic E-state index is 2.54. The fourth-order valence-corrected chi connectivity index (χ4v) is 8.83. The zero-order chi connectivity index (χ0) is 35.7. The van der Waals surface area contributed by atoms with E-state index < -0.39 is 0 Å². The molecule has 0 aromatic heterocycles. The average molecular weight is 665 g/mol. The Morgan fingerprint density at radius 3 is 1.25 bits per heavy atom. The Labute approximate surface area is 304 Å². The highest BCUT2D eigenvalue weighted by Crippen LogP contribution is 2.52. The summed E-state index contributed by atoms with van der Waals surface area (Å²) < 4.78 is 0. The molecular formula is C49H48N2. The van der Waals surface area contributed by atoms with Crippen LogP contribution in [-0.4, -0.2) is 0 Å². The largest absolute Gasteiger partial charge is 0.310 e. The molecule has 0 radical (unpaired) electrons. The quantitative estimate of drug-likeness (QED) is 0.163. The van der Waals surface area contributed by atoms with Crippen molar-refractivity contribution >= 4 is 55.7 Å². The van der Waals surface area contributed by atoms with E-state index in [4.69, 9.17) is 0 Å². The lowest BCUT2D eigenvalue weighted by Crippen LogP contribution is -2.18. The van der Waals surface area contributed by atoms with E-state index in [-0.39, 0.29) is 0 Å². The topological polar surface area (TPSA) is 6.48 Å². The monoisotopic (exact) mass is 664 g/mol. The van der Waals surface area contributed by atoms with Gasteiger partial charge in [-0.25, -0.2) is 0 Å². The molecule has 1 atom stereocenters. The van der Waals surface area contributed by atoms with E-state index >= 15 is 0 Å². The molecule has 0 fully saturated rings. The minimum atomic E-state index is 0.349. The maximum atomic E-state index is 2.54. The molecule has 2 nitrogen and oxygen atoms in total. The average Bonchev–Trinajstić information content (AvgIpc) is 3.08. The molecule has 0 spiro atoms. The molecule has 0 aliphatic heterocycles. The van der Waals surface area contributed by atoms with E-state index in [9.17, 15) is 0 Å². The summed E-state index contributed by atoms with van der Waals surface area (Å²) in [4.78, 5) is 5.05. The molecule has 0 saturated carbocycles. The highest BCUT2D eigenvalue weighted by atomic mass is 15.2. The molecule has 1 aliphatic carbocycles. The summed E-state index contributed by atoms with van der Waals surface area (Å²) in [5.74, 6) is 0.349. The molecule has 7 aromatic rings. The normalized spacial score (nSPS) is 13.7. The van der Waals surface area contributed by atoms with Crippen molar-refractivity contribution in [1.82, 2.24) is 0 Å². The van der Waals surface area contributed by atoms with Crippen LogP contribution < -0.4 is 9.80 Å². The number of hydrogen-bond donors (Lipinski definition) is 0. The molecule has 0 saturated heterocycles. The zero-order valence-electron chi connectivity index (χ0n) is 31.6. The van der Waals surface area contributed by atoms with Crippen LogP contribution >= 0.6 is 0 Å². The molecule has 1 aliphatic rings. The highest BCUT2D eigenvalue weighted by Gasteiger charge is 2.30. The van der Waals surface area contributed by atoms with E-state index in [0.717, 1.165) is 6.42 Å². The Bertz CT molecular complexity index is 2420. The first-order valence-electron chi connectivity index (χ1n) is 18.4. The Morgan fingerprint density at radius 2 is 0.804 bits per heavy atom. The molecule has 1 unspecified atom stereocenters. The number of aryl methyl sites for hydroxylation is 8. The fraction of sp³-hybridized carbons (Fsp3) is 0.224. The summed E-state index contributed by atoms with van der Waals surface area (Å²) >= 11 is 0. The SMILES string of the molecule is Cc1ccc(N(c2ccc(C)cc2C)c2ccc3ccc4c(N(c5ccc(C)cc5C)c5ccc(C)cc5C)ccc5c4c3c2C(C)C5)c(C)c1. The predicted octanol–water partition coefficient (Wildman–Crippen LogP) is 14.1. The van der Waals surface area contributed by atoms with Gasteiger partial charge in [0, 0.05) is 28.1 Å². The van der Waals surface area contributed by atoms with E-state index in [0.29, 0.717) is 5.92 Å². The number of hydrogen-bond acceptors (Lipinski definition) is 2. The van der Waals surface area contributed by atoms with Gasteiger partial charge in [0.25, 0.3) is 0 Å². The van der Waals surface area contributed by atoms with Gasteiger partial charge in [0.05, 0.1) is 11.4 Å². The first kappa shape index (κ1) is 32.8. The Hall–Kier alpha value is -5.34. The minimum Gasteiger partial charge on any atom is -0.310 e. The Kier molecular flexibility index (Phi) is 8.02. The number of benzene rings is 7. The van der Waals surface area contributed by atoms with E-state index in [1.807, 2.05) is 0 Å². The van der Waals surface area contributed by atoms with Crippen molar-refractivity contribution in [2.75, 3.05) is 9.80 Å². The number of nitrogens with zero attached hydrogens (tertiary/aromatic N) is 2. The van der Waals surface area contributed by atoms with Gasteiger partial charge < -0.3 is 9.80 Å². The molecule has 7 aromatic carbocycles. The van der Waals surface area contributed by atoms with Gasteiger partial charge in [-0.15, -0.1) is 0 Å². The van der Waals surface area contributed by atoms with Crippen LogP contribution in [0, 0.1) is 55.4 Å². The Morgan fingerprint density at radius 1 is 0.412 bits per heavy atom. The van der Waals surface area contributed by atoms with Crippen LogP contribution in [0.2, 0.25) is 0 Å². The molecule has 51 heavy (non-hydrogen) atoms. The first-order valence-corrected chi connectivity index (χ1v) is 18.4. The van der Waals surface area contributed by atoms with Crippen molar-refractivity contribution in [2.45, 2.75) is 74.7 Å². The van der Waals surface area contributed by atoms with Gasteiger partial charge in [-0.05, 0) is 154 Å². The van der Waals surface area contributed by atoms with Crippen molar-refractivity contribution in [2.24, 2.45) is 0 Å². The predicted molar refractivity (Wildman–Crippen MR) is 221 cm³/mol. The van der Waals surface area contributed by atoms with Crippen LogP contribution in [0.25, 0.3) is 21.5 Å². The third-order valence-corrected chi connectivity index (χ3v) is 11.1. The third kappa shape index (κ3) is 5.49. The van der Waals surface area contributed by atoms with Crippen LogP contribution in [0.5, 0.6) is 0 Å². The van der Waals surface area contributed by atoms with Crippen LogP contribution in [0.3, 0.4) is 0 Å². The van der Waals surface area contributed by atoms with Crippen molar-refractivity contribution < 1.29 is 0 Å². The lowest BCUT2D eigenvalue weighted by atomic mass is 9.79. The third-order valence-electron chi connectivity index (χ3n) is 11.1. The Balaban J connectivity index is 1.45. The van der Waals surface area contributed by atoms with Crippen LogP contribution in [0.15, 0.2) is 109 Å². The lowest BCUT2D eigenvalue weighted by Gasteiger charge is -2.35. The van der Waals surface area contributed by atoms with Crippen LogP contribution in [0.4, 0.5) is 34.1 Å². The number of anilines is 6. The summed E-state index contributed by atoms with van der Waals surface area (Å²) in [6.07, 6.45) is 1.00. The summed E-state index contributed by atoms with van der Waals surface area (Å²) in [7, 11) is 0. The van der Waals surface area contributed by atoms with E-state index in [1.165, 1.54) is 111 Å². The van der Waals surface area contributed by atoms with E-state index in [2.05, 4.69) is 181 Å². The second-order valence-electron chi connectivity index (χ2n) is 15.3. The fourth-order valence-electron chi connectivity index (χ4n) is 8.83. The second-order valence-corrected chi connectivity index (χ2v) is 15.3. The van der Waals surface area contributed by atoms with Gasteiger partial charge in [-0.3, -0.25) is 0 Å². The molecule has 8 rings (SSSR count). The van der Waals surface area contributed by atoms with Crippen LogP contribution in [-0.2, 0) is 6.42 Å². The van der Waals surface area contributed by atoms with Crippen molar-refractivity contribution in [3.63, 3.8) is 0 Å². The maximum Gasteiger partial charge on any atom is 0.0540 e. The summed E-state index contributed by atoms with van der Waals surface area (Å²) in [5.41, 5.74) is 20.5. The summed E-state index contributed by atoms with van der Waals surface area (Å²) in [6.45, 7) is 20.2. The molecule has 254 valence electrons. The van der Waals surface area contributed by atoms with Crippen LogP contribution in [0.1, 0.15) is 68.5 Å². The second kappa shape index (κ2) is 12.5. The highest BCUT2D eigenvalue weighted by molar-refractivity contribution is 6.18. The molecule has 0 amide bonds. The first-order chi connectivity index (χ1) is 24.5. The van der Waals surface area contributed by atoms with Gasteiger partial charge in [0.15, 0.2) is 0 Å². The van der Waals surface area contributed by atoms with Gasteiger partial charge in [0.1, 0.15) is 0 Å². The molecule has 2 heteroatoms. The minimum absolute atomic E-state index is 0.349. The van der Waals surface area contributed by atoms with Crippen molar-refractivity contribution in [3.8, 4) is 0 Å². The molecule has 0 heterocycles. The lowest BCUT2D eigenvalue weighted by molar-refractivity contribution is 0.763. The summed E-state index contributed by atoms with van der Waals surface area (Å²) in [5, 5.41) is 5.38. The zero-order valence-corrected chi connectivity index (χ0v) is 31.6. The standard InChI is InChI=1S/C49H48N2/c1-29-10-18-41(33(5)24-29)50(42-19-11-30(2)25-34(42)6)45-22-16-39-28-37(9)47-46(23-15-38-14-17-40(45)48(39)49(38)47)51(43-20-12-31(3)26-35(43)7)44-21-13-32(4)27-36(44)8/h10-27,37H,28H2,1-9H3. The van der Waals surface area contributed by atoms with Gasteiger partial charge in [-0.1, -0.05) is 102 Å². The molecular weight excluding hydrogens is 617 g/mol. The van der Waals surface area contributed by atoms with Gasteiger partial charge in [-0.2, -0.15) is 0 Å². The van der Waals surface area contributed by atoms with Crippen molar-refractivity contribution in [1.29, 1.82) is 0 Å². The van der Waals surface area contributed by atoms with Crippen molar-refractivity contribution in [3.05, 3.63) is 165 Å².